The van der Waals surface area contributed by atoms with Crippen molar-refractivity contribution in [2.45, 2.75) is 13.0 Å². The normalized spacial score (nSPS) is 14.0. The van der Waals surface area contributed by atoms with Gasteiger partial charge in [0, 0.05) is 23.7 Å². The lowest BCUT2D eigenvalue weighted by molar-refractivity contribution is 0.207. The molecule has 3 nitrogen and oxygen atoms in total. The summed E-state index contributed by atoms with van der Waals surface area (Å²) in [6.45, 7) is 1.40. The van der Waals surface area contributed by atoms with Crippen LogP contribution in [-0.2, 0) is 13.0 Å². The van der Waals surface area contributed by atoms with Crippen molar-refractivity contribution in [3.63, 3.8) is 0 Å². The number of carbonyl (C=O) groups excluding carboxylic acids is 1. The number of nitrogens with zero attached hydrogens (tertiary/aromatic N) is 1. The summed E-state index contributed by atoms with van der Waals surface area (Å²) < 4.78 is 0. The number of anilines is 1. The van der Waals surface area contributed by atoms with E-state index in [1.165, 1.54) is 10.4 Å². The summed E-state index contributed by atoms with van der Waals surface area (Å²) in [6.07, 6.45) is 0.918. The molecule has 0 saturated heterocycles. The van der Waals surface area contributed by atoms with Gasteiger partial charge in [0.1, 0.15) is 0 Å². The Morgan fingerprint density at radius 3 is 2.90 bits per heavy atom. The van der Waals surface area contributed by atoms with Gasteiger partial charge in [-0.3, -0.25) is 0 Å². The number of halogens is 2. The topological polar surface area (TPSA) is 32.3 Å². The standard InChI is InChI=1S/C14H12Cl2N2OS/c15-11-2-1-10(7-12(11)16)17-14(19)18-5-3-13-9(8-18)4-6-20-13/h1-2,4,6-7H,3,5,8H2,(H,17,19). The lowest BCUT2D eigenvalue weighted by atomic mass is 10.1. The minimum absolute atomic E-state index is 0.111. The maximum Gasteiger partial charge on any atom is 0.322 e. The first kappa shape index (κ1) is 13.7. The Labute approximate surface area is 131 Å². The summed E-state index contributed by atoms with van der Waals surface area (Å²) in [7, 11) is 0. The van der Waals surface area contributed by atoms with E-state index in [1.54, 1.807) is 34.4 Å². The molecule has 0 atom stereocenters. The van der Waals surface area contributed by atoms with Crippen LogP contribution in [-0.4, -0.2) is 17.5 Å². The maximum atomic E-state index is 12.2. The predicted molar refractivity (Wildman–Crippen MR) is 83.9 cm³/mol. The first-order valence-electron chi connectivity index (χ1n) is 6.20. The highest BCUT2D eigenvalue weighted by molar-refractivity contribution is 7.10. The predicted octanol–water partition coefficient (Wildman–Crippen LogP) is 4.65. The van der Waals surface area contributed by atoms with Gasteiger partial charge in [-0.2, -0.15) is 0 Å². The minimum atomic E-state index is -0.111. The van der Waals surface area contributed by atoms with Crippen LogP contribution in [0.25, 0.3) is 0 Å². The molecule has 1 aliphatic rings. The molecular formula is C14H12Cl2N2OS. The van der Waals surface area contributed by atoms with Crippen molar-refractivity contribution in [1.29, 1.82) is 0 Å². The minimum Gasteiger partial charge on any atom is -0.320 e. The molecule has 20 heavy (non-hydrogen) atoms. The van der Waals surface area contributed by atoms with E-state index in [0.29, 0.717) is 22.3 Å². The van der Waals surface area contributed by atoms with Crippen LogP contribution in [0.4, 0.5) is 10.5 Å². The van der Waals surface area contributed by atoms with Gasteiger partial charge >= 0.3 is 6.03 Å². The van der Waals surface area contributed by atoms with Crippen LogP contribution in [0, 0.1) is 0 Å². The summed E-state index contributed by atoms with van der Waals surface area (Å²) in [4.78, 5) is 15.4. The van der Waals surface area contributed by atoms with E-state index in [9.17, 15) is 4.79 Å². The lowest BCUT2D eigenvalue weighted by Crippen LogP contribution is -2.38. The zero-order chi connectivity index (χ0) is 14.1. The summed E-state index contributed by atoms with van der Waals surface area (Å²) in [6, 6.07) is 7.04. The summed E-state index contributed by atoms with van der Waals surface area (Å²) in [5.41, 5.74) is 1.89. The summed E-state index contributed by atoms with van der Waals surface area (Å²) in [5, 5.41) is 5.84. The van der Waals surface area contributed by atoms with Crippen molar-refractivity contribution in [1.82, 2.24) is 4.90 Å². The third-order valence-corrected chi connectivity index (χ3v) is 5.03. The van der Waals surface area contributed by atoms with Crippen LogP contribution in [0.2, 0.25) is 10.0 Å². The third-order valence-electron chi connectivity index (χ3n) is 3.27. The van der Waals surface area contributed by atoms with Crippen molar-refractivity contribution in [2.24, 2.45) is 0 Å². The van der Waals surface area contributed by atoms with Crippen molar-refractivity contribution < 1.29 is 4.79 Å². The Morgan fingerprint density at radius 1 is 1.25 bits per heavy atom. The van der Waals surface area contributed by atoms with Gasteiger partial charge in [-0.15, -0.1) is 11.3 Å². The molecule has 0 radical (unpaired) electrons. The number of thiophene rings is 1. The van der Waals surface area contributed by atoms with E-state index in [2.05, 4.69) is 16.8 Å². The van der Waals surface area contributed by atoms with E-state index in [0.717, 1.165) is 13.0 Å². The average molecular weight is 327 g/mol. The molecule has 0 aliphatic carbocycles. The lowest BCUT2D eigenvalue weighted by Gasteiger charge is -2.27. The Hall–Kier alpha value is -1.23. The zero-order valence-corrected chi connectivity index (χ0v) is 12.9. The molecule has 104 valence electrons. The first-order valence-corrected chi connectivity index (χ1v) is 7.83. The van der Waals surface area contributed by atoms with Crippen LogP contribution in [0.1, 0.15) is 10.4 Å². The Bertz CT molecular complexity index is 656. The largest absolute Gasteiger partial charge is 0.322 e. The molecule has 0 unspecified atom stereocenters. The highest BCUT2D eigenvalue weighted by Crippen LogP contribution is 2.27. The molecule has 0 fully saturated rings. The van der Waals surface area contributed by atoms with Crippen molar-refractivity contribution in [3.8, 4) is 0 Å². The van der Waals surface area contributed by atoms with Gasteiger partial charge in [0.05, 0.1) is 10.0 Å². The van der Waals surface area contributed by atoms with Gasteiger partial charge in [-0.25, -0.2) is 4.79 Å². The number of hydrogen-bond donors (Lipinski definition) is 1. The smallest absolute Gasteiger partial charge is 0.320 e. The third kappa shape index (κ3) is 2.77. The fraction of sp³-hybridized carbons (Fsp3) is 0.214. The molecule has 1 aliphatic heterocycles. The van der Waals surface area contributed by atoms with Crippen LogP contribution < -0.4 is 5.32 Å². The molecule has 0 saturated carbocycles. The second-order valence-corrected chi connectivity index (χ2v) is 6.41. The van der Waals surface area contributed by atoms with E-state index >= 15 is 0 Å². The number of nitrogens with one attached hydrogen (secondary N) is 1. The van der Waals surface area contributed by atoms with Gasteiger partial charge in [0.15, 0.2) is 0 Å². The van der Waals surface area contributed by atoms with Crippen molar-refractivity contribution in [2.75, 3.05) is 11.9 Å². The Kier molecular flexibility index (Phi) is 3.87. The number of rotatable bonds is 1. The van der Waals surface area contributed by atoms with Crippen molar-refractivity contribution >= 4 is 46.3 Å². The summed E-state index contributed by atoms with van der Waals surface area (Å²) >= 11 is 13.6. The quantitative estimate of drug-likeness (QED) is 0.813. The van der Waals surface area contributed by atoms with Gasteiger partial charge in [0.25, 0.3) is 0 Å². The fourth-order valence-electron chi connectivity index (χ4n) is 2.20. The monoisotopic (exact) mass is 326 g/mol. The van der Waals surface area contributed by atoms with E-state index < -0.39 is 0 Å². The highest BCUT2D eigenvalue weighted by atomic mass is 35.5. The number of carbonyl (C=O) groups is 1. The van der Waals surface area contributed by atoms with Gasteiger partial charge in [0.2, 0.25) is 0 Å². The molecule has 0 spiro atoms. The molecule has 6 heteroatoms. The highest BCUT2D eigenvalue weighted by Gasteiger charge is 2.21. The summed E-state index contributed by atoms with van der Waals surface area (Å²) in [5.74, 6) is 0. The molecule has 0 bridgehead atoms. The fourth-order valence-corrected chi connectivity index (χ4v) is 3.39. The van der Waals surface area contributed by atoms with Gasteiger partial charge < -0.3 is 10.2 Å². The maximum absolute atomic E-state index is 12.2. The Morgan fingerprint density at radius 2 is 2.10 bits per heavy atom. The molecule has 1 aromatic carbocycles. The number of urea groups is 1. The van der Waals surface area contributed by atoms with Crippen LogP contribution in [0.5, 0.6) is 0 Å². The molecular weight excluding hydrogens is 315 g/mol. The zero-order valence-electron chi connectivity index (χ0n) is 10.5. The number of fused-ring (bicyclic) bond motifs is 1. The number of amides is 2. The molecule has 3 rings (SSSR count). The van der Waals surface area contributed by atoms with Crippen LogP contribution in [0.15, 0.2) is 29.6 Å². The van der Waals surface area contributed by atoms with Gasteiger partial charge in [-0.1, -0.05) is 23.2 Å². The van der Waals surface area contributed by atoms with Crippen molar-refractivity contribution in [3.05, 3.63) is 50.1 Å². The molecule has 1 N–H and O–H groups in total. The van der Waals surface area contributed by atoms with Gasteiger partial charge in [-0.05, 0) is 41.6 Å². The second-order valence-electron chi connectivity index (χ2n) is 4.60. The molecule has 1 aromatic heterocycles. The second kappa shape index (κ2) is 5.64. The number of hydrogen-bond acceptors (Lipinski definition) is 2. The average Bonchev–Trinajstić information content (AvgIpc) is 2.90. The molecule has 2 aromatic rings. The molecule has 2 amide bonds. The molecule has 2 heterocycles. The van der Waals surface area contributed by atoms with Crippen LogP contribution >= 0.6 is 34.5 Å². The van der Waals surface area contributed by atoms with Crippen LogP contribution in [0.3, 0.4) is 0 Å². The van der Waals surface area contributed by atoms with E-state index in [1.807, 2.05) is 0 Å². The SMILES string of the molecule is O=C(Nc1ccc(Cl)c(Cl)c1)N1CCc2sccc2C1. The number of benzene rings is 1. The first-order chi connectivity index (χ1) is 9.63. The Balaban J connectivity index is 1.69. The van der Waals surface area contributed by atoms with E-state index in [-0.39, 0.29) is 6.03 Å². The van der Waals surface area contributed by atoms with E-state index in [4.69, 9.17) is 23.2 Å².